The Bertz CT molecular complexity index is 542. The van der Waals surface area contributed by atoms with Crippen molar-refractivity contribution in [1.29, 1.82) is 0 Å². The number of hydrogen-bond donors (Lipinski definition) is 0. The Labute approximate surface area is 157 Å². The van der Waals surface area contributed by atoms with E-state index in [4.69, 9.17) is 21.4 Å². The van der Waals surface area contributed by atoms with E-state index in [1.165, 1.54) is 32.1 Å². The molecule has 3 nitrogen and oxygen atoms in total. The highest BCUT2D eigenvalue weighted by atomic mass is 35.5. The number of halogens is 1. The maximum atomic E-state index is 13.0. The van der Waals surface area contributed by atoms with Crippen molar-refractivity contribution in [3.8, 4) is 0 Å². The predicted octanol–water partition coefficient (Wildman–Crippen LogP) is 6.39. The molecule has 0 bridgehead atoms. The molecule has 0 radical (unpaired) electrons. The molecular weight excluding hydrogens is 336 g/mol. The van der Waals surface area contributed by atoms with Crippen LogP contribution in [0.3, 0.4) is 0 Å². The number of carbonyl (C=O) groups is 1. The third-order valence-electron chi connectivity index (χ3n) is 4.62. The van der Waals surface area contributed by atoms with Crippen LogP contribution in [0, 0.1) is 5.92 Å². The second-order valence-corrected chi connectivity index (χ2v) is 8.48. The molecule has 1 aliphatic rings. The van der Waals surface area contributed by atoms with Crippen LogP contribution in [-0.4, -0.2) is 17.5 Å². The second-order valence-electron chi connectivity index (χ2n) is 8.07. The SMILES string of the molecule is CC(C)(C)OOC(CC1CCCCCCC1)C(=O)c1ccccc1Cl. The third-order valence-corrected chi connectivity index (χ3v) is 4.95. The maximum absolute atomic E-state index is 13.0. The van der Waals surface area contributed by atoms with Gasteiger partial charge in [0.2, 0.25) is 0 Å². The van der Waals surface area contributed by atoms with Gasteiger partial charge in [-0.25, -0.2) is 9.78 Å². The van der Waals surface area contributed by atoms with Crippen LogP contribution in [0.1, 0.15) is 82.5 Å². The molecule has 0 N–H and O–H groups in total. The minimum Gasteiger partial charge on any atom is -0.291 e. The number of Topliss-reactive ketones (excluding diaryl/α,β-unsaturated/α-hetero) is 1. The highest BCUT2D eigenvalue weighted by Gasteiger charge is 2.29. The van der Waals surface area contributed by atoms with Crippen molar-refractivity contribution in [2.45, 2.75) is 83.8 Å². The van der Waals surface area contributed by atoms with Crippen LogP contribution in [0.15, 0.2) is 24.3 Å². The summed E-state index contributed by atoms with van der Waals surface area (Å²) < 4.78 is 0. The molecule has 1 aromatic carbocycles. The first-order valence-electron chi connectivity index (χ1n) is 9.50. The number of rotatable bonds is 6. The number of carbonyl (C=O) groups excluding carboxylic acids is 1. The molecule has 25 heavy (non-hydrogen) atoms. The molecule has 0 aromatic heterocycles. The van der Waals surface area contributed by atoms with Gasteiger partial charge in [0.05, 0.1) is 10.6 Å². The van der Waals surface area contributed by atoms with Gasteiger partial charge < -0.3 is 0 Å². The van der Waals surface area contributed by atoms with E-state index in [1.807, 2.05) is 32.9 Å². The van der Waals surface area contributed by atoms with Crippen LogP contribution >= 0.6 is 11.6 Å². The van der Waals surface area contributed by atoms with Gasteiger partial charge in [0.1, 0.15) is 0 Å². The zero-order valence-corrected chi connectivity index (χ0v) is 16.5. The quantitative estimate of drug-likeness (QED) is 0.332. The van der Waals surface area contributed by atoms with Crippen molar-refractivity contribution in [2.24, 2.45) is 5.92 Å². The second kappa shape index (κ2) is 9.70. The summed E-state index contributed by atoms with van der Waals surface area (Å²) in [4.78, 5) is 24.2. The Kier molecular flexibility index (Phi) is 7.92. The van der Waals surface area contributed by atoms with Crippen molar-refractivity contribution in [1.82, 2.24) is 0 Å². The number of hydrogen-bond acceptors (Lipinski definition) is 3. The van der Waals surface area contributed by atoms with Gasteiger partial charge in [-0.1, -0.05) is 68.7 Å². The molecule has 1 unspecified atom stereocenters. The average Bonchev–Trinajstić information content (AvgIpc) is 2.52. The van der Waals surface area contributed by atoms with Crippen LogP contribution in [-0.2, 0) is 9.78 Å². The molecule has 1 aromatic rings. The van der Waals surface area contributed by atoms with Crippen LogP contribution in [0.5, 0.6) is 0 Å². The summed E-state index contributed by atoms with van der Waals surface area (Å²) >= 11 is 6.23. The first-order chi connectivity index (χ1) is 11.9. The monoisotopic (exact) mass is 366 g/mol. The first-order valence-corrected chi connectivity index (χ1v) is 9.88. The standard InChI is InChI=1S/C21H31ClO3/c1-21(2,3)25-24-19(15-16-11-7-5-4-6-8-12-16)20(23)17-13-9-10-14-18(17)22/h9-10,13-14,16,19H,4-8,11-12,15H2,1-3H3. The van der Waals surface area contributed by atoms with E-state index >= 15 is 0 Å². The van der Waals surface area contributed by atoms with Gasteiger partial charge in [0, 0.05) is 5.56 Å². The third kappa shape index (κ3) is 7.08. The summed E-state index contributed by atoms with van der Waals surface area (Å²) in [5, 5.41) is 0.467. The van der Waals surface area contributed by atoms with Crippen molar-refractivity contribution in [3.05, 3.63) is 34.9 Å². The lowest BCUT2D eigenvalue weighted by atomic mass is 9.86. The fourth-order valence-electron chi connectivity index (χ4n) is 3.31. The highest BCUT2D eigenvalue weighted by Crippen LogP contribution is 2.29. The molecule has 4 heteroatoms. The van der Waals surface area contributed by atoms with E-state index in [0.29, 0.717) is 22.9 Å². The molecule has 0 spiro atoms. The van der Waals surface area contributed by atoms with Gasteiger partial charge in [-0.05, 0) is 45.2 Å². The van der Waals surface area contributed by atoms with Gasteiger partial charge >= 0.3 is 0 Å². The lowest BCUT2D eigenvalue weighted by Gasteiger charge is -2.27. The predicted molar refractivity (Wildman–Crippen MR) is 102 cm³/mol. The minimum atomic E-state index is -0.608. The zero-order valence-electron chi connectivity index (χ0n) is 15.7. The molecule has 1 aliphatic carbocycles. The Hall–Kier alpha value is -0.900. The maximum Gasteiger partial charge on any atom is 0.196 e. The van der Waals surface area contributed by atoms with Crippen LogP contribution < -0.4 is 0 Å². The fourth-order valence-corrected chi connectivity index (χ4v) is 3.53. The van der Waals surface area contributed by atoms with Crippen LogP contribution in [0.2, 0.25) is 5.02 Å². The van der Waals surface area contributed by atoms with Crippen molar-refractivity contribution < 1.29 is 14.6 Å². The van der Waals surface area contributed by atoms with Gasteiger partial charge in [-0.3, -0.25) is 4.79 Å². The van der Waals surface area contributed by atoms with Crippen molar-refractivity contribution in [3.63, 3.8) is 0 Å². The smallest absolute Gasteiger partial charge is 0.196 e. The summed E-state index contributed by atoms with van der Waals surface area (Å²) in [6.07, 6.45) is 8.78. The molecule has 140 valence electrons. The normalized spacial score (nSPS) is 18.4. The van der Waals surface area contributed by atoms with Crippen molar-refractivity contribution in [2.75, 3.05) is 0 Å². The molecule has 1 atom stereocenters. The van der Waals surface area contributed by atoms with Gasteiger partial charge in [0.15, 0.2) is 11.9 Å². The van der Waals surface area contributed by atoms with E-state index in [-0.39, 0.29) is 5.78 Å². The number of benzene rings is 1. The van der Waals surface area contributed by atoms with E-state index in [2.05, 4.69) is 0 Å². The molecular formula is C21H31ClO3. The van der Waals surface area contributed by atoms with E-state index in [9.17, 15) is 4.79 Å². The number of ketones is 1. The molecule has 0 saturated heterocycles. The van der Waals surface area contributed by atoms with Gasteiger partial charge in [0.25, 0.3) is 0 Å². The Balaban J connectivity index is 2.11. The molecule has 0 aliphatic heterocycles. The summed E-state index contributed by atoms with van der Waals surface area (Å²) in [6.45, 7) is 5.75. The highest BCUT2D eigenvalue weighted by molar-refractivity contribution is 6.34. The Morgan fingerprint density at radius 1 is 1.12 bits per heavy atom. The van der Waals surface area contributed by atoms with E-state index < -0.39 is 11.7 Å². The first kappa shape index (κ1) is 20.4. The lowest BCUT2D eigenvalue weighted by molar-refractivity contribution is -0.364. The summed E-state index contributed by atoms with van der Waals surface area (Å²) in [5.41, 5.74) is 0.0532. The summed E-state index contributed by atoms with van der Waals surface area (Å²) in [5.74, 6) is 0.414. The average molecular weight is 367 g/mol. The van der Waals surface area contributed by atoms with Gasteiger partial charge in [-0.15, -0.1) is 0 Å². The fraction of sp³-hybridized carbons (Fsp3) is 0.667. The van der Waals surface area contributed by atoms with Crippen LogP contribution in [0.25, 0.3) is 0 Å². The lowest BCUT2D eigenvalue weighted by Crippen LogP contribution is -2.32. The largest absolute Gasteiger partial charge is 0.291 e. The minimum absolute atomic E-state index is 0.0862. The topological polar surface area (TPSA) is 35.5 Å². The van der Waals surface area contributed by atoms with Crippen LogP contribution in [0.4, 0.5) is 0 Å². The molecule has 1 saturated carbocycles. The Morgan fingerprint density at radius 2 is 1.72 bits per heavy atom. The van der Waals surface area contributed by atoms with Gasteiger partial charge in [-0.2, -0.15) is 0 Å². The summed E-state index contributed by atoms with van der Waals surface area (Å²) in [6, 6.07) is 7.16. The van der Waals surface area contributed by atoms with E-state index in [1.54, 1.807) is 12.1 Å². The molecule has 2 rings (SSSR count). The molecule has 0 amide bonds. The van der Waals surface area contributed by atoms with Crippen molar-refractivity contribution >= 4 is 17.4 Å². The molecule has 0 heterocycles. The zero-order chi connectivity index (χ0) is 18.3. The van der Waals surface area contributed by atoms with E-state index in [0.717, 1.165) is 12.8 Å². The summed E-state index contributed by atoms with van der Waals surface area (Å²) in [7, 11) is 0. The Morgan fingerprint density at radius 3 is 2.32 bits per heavy atom. The molecule has 1 fully saturated rings.